The van der Waals surface area contributed by atoms with Crippen molar-refractivity contribution in [3.05, 3.63) is 23.8 Å². The predicted octanol–water partition coefficient (Wildman–Crippen LogP) is 3.48. The molecule has 25 heavy (non-hydrogen) atoms. The number of allylic oxidation sites excluding steroid dienone is 4. The number of carbonyl (C=O) groups excluding carboxylic acids is 1. The summed E-state index contributed by atoms with van der Waals surface area (Å²) in [4.78, 5) is 11.8. The monoisotopic (exact) mass is 366 g/mol. The Bertz CT molecular complexity index is 767. The molecule has 0 unspecified atom stereocenters. The van der Waals surface area contributed by atoms with Gasteiger partial charge in [-0.25, -0.2) is 4.18 Å². The molecule has 5 nitrogen and oxygen atoms in total. The molecule has 1 N–H and O–H groups in total. The molecule has 6 atom stereocenters. The van der Waals surface area contributed by atoms with Crippen molar-refractivity contribution in [3.63, 3.8) is 0 Å². The first-order valence-corrected chi connectivity index (χ1v) is 10.6. The second-order valence-electron chi connectivity index (χ2n) is 8.74. The molecule has 0 saturated heterocycles. The van der Waals surface area contributed by atoms with E-state index in [0.29, 0.717) is 24.2 Å². The van der Waals surface area contributed by atoms with Gasteiger partial charge in [-0.2, -0.15) is 8.42 Å². The van der Waals surface area contributed by atoms with Gasteiger partial charge in [-0.1, -0.05) is 25.5 Å². The van der Waals surface area contributed by atoms with E-state index in [1.165, 1.54) is 5.57 Å². The largest absolute Gasteiger partial charge is 0.397 e. The average Bonchev–Trinajstić information content (AvgIpc) is 2.83. The summed E-state index contributed by atoms with van der Waals surface area (Å²) in [5.41, 5.74) is 0.997. The highest BCUT2D eigenvalue weighted by atomic mass is 32.3. The highest BCUT2D eigenvalue weighted by Gasteiger charge is 2.59. The van der Waals surface area contributed by atoms with E-state index in [9.17, 15) is 13.2 Å². The topological polar surface area (TPSA) is 80.7 Å². The van der Waals surface area contributed by atoms with Gasteiger partial charge in [0.2, 0.25) is 0 Å². The van der Waals surface area contributed by atoms with Crippen LogP contribution in [0.3, 0.4) is 0 Å². The van der Waals surface area contributed by atoms with E-state index in [-0.39, 0.29) is 16.6 Å². The highest BCUT2D eigenvalue weighted by Crippen LogP contribution is 2.64. The molecule has 4 aliphatic rings. The molecule has 0 aromatic rings. The summed E-state index contributed by atoms with van der Waals surface area (Å²) >= 11 is 0. The van der Waals surface area contributed by atoms with Gasteiger partial charge in [-0.05, 0) is 73.8 Å². The molecule has 0 bridgehead atoms. The Morgan fingerprint density at radius 3 is 2.64 bits per heavy atom. The van der Waals surface area contributed by atoms with Crippen LogP contribution in [0, 0.1) is 28.6 Å². The molecule has 4 aliphatic carbocycles. The number of hydrogen-bond donors (Lipinski definition) is 1. The zero-order valence-corrected chi connectivity index (χ0v) is 15.6. The second-order valence-corrected chi connectivity index (χ2v) is 9.79. The second kappa shape index (κ2) is 5.51. The van der Waals surface area contributed by atoms with Crippen molar-refractivity contribution in [2.75, 3.05) is 0 Å². The van der Waals surface area contributed by atoms with Crippen molar-refractivity contribution < 1.29 is 21.9 Å². The van der Waals surface area contributed by atoms with Crippen LogP contribution in [0.4, 0.5) is 0 Å². The molecule has 0 aromatic carbocycles. The van der Waals surface area contributed by atoms with E-state index in [0.717, 1.165) is 32.1 Å². The lowest BCUT2D eigenvalue weighted by Gasteiger charge is -2.56. The van der Waals surface area contributed by atoms with Gasteiger partial charge < -0.3 is 0 Å². The van der Waals surface area contributed by atoms with Crippen LogP contribution in [-0.4, -0.2) is 24.9 Å². The van der Waals surface area contributed by atoms with Crippen molar-refractivity contribution in [3.8, 4) is 0 Å². The van der Waals surface area contributed by atoms with Gasteiger partial charge in [0.1, 0.15) is 0 Å². The van der Waals surface area contributed by atoms with Crippen molar-refractivity contribution in [2.45, 2.75) is 58.5 Å². The zero-order chi connectivity index (χ0) is 18.0. The number of hydrogen-bond acceptors (Lipinski definition) is 4. The van der Waals surface area contributed by atoms with Gasteiger partial charge in [0.05, 0.1) is 6.10 Å². The van der Waals surface area contributed by atoms with Crippen LogP contribution < -0.4 is 0 Å². The van der Waals surface area contributed by atoms with Crippen molar-refractivity contribution in [1.82, 2.24) is 0 Å². The van der Waals surface area contributed by atoms with Crippen LogP contribution in [0.5, 0.6) is 0 Å². The van der Waals surface area contributed by atoms with Crippen LogP contribution in [0.15, 0.2) is 23.8 Å². The van der Waals surface area contributed by atoms with Crippen molar-refractivity contribution in [2.24, 2.45) is 28.6 Å². The maximum Gasteiger partial charge on any atom is 0.397 e. The number of fused-ring (bicyclic) bond motifs is 5. The first-order valence-electron chi connectivity index (χ1n) is 9.23. The Balaban J connectivity index is 1.63. The molecule has 3 saturated carbocycles. The molecule has 3 fully saturated rings. The lowest BCUT2D eigenvalue weighted by Crippen LogP contribution is -2.50. The normalized spacial score (nSPS) is 46.2. The molecule has 0 heterocycles. The van der Waals surface area contributed by atoms with Crippen LogP contribution in [0.2, 0.25) is 0 Å². The SMILES string of the molecule is C[C@]12CC[C@@H]3[C@@H](CCC4=CC(=O)C=C[C@@]43C)[C@H]1CC[C@@H]2OS(=O)(=O)O. The van der Waals surface area contributed by atoms with Gasteiger partial charge in [-0.3, -0.25) is 9.35 Å². The van der Waals surface area contributed by atoms with E-state index in [1.807, 2.05) is 6.08 Å². The summed E-state index contributed by atoms with van der Waals surface area (Å²) in [6.45, 7) is 4.38. The first-order chi connectivity index (χ1) is 11.6. The minimum absolute atomic E-state index is 0.0554. The summed E-state index contributed by atoms with van der Waals surface area (Å²) in [5, 5.41) is 0. The summed E-state index contributed by atoms with van der Waals surface area (Å²) in [6.07, 6.45) is 10.7. The van der Waals surface area contributed by atoms with Crippen molar-refractivity contribution in [1.29, 1.82) is 0 Å². The molecule has 138 valence electrons. The standard InChI is InChI=1S/C19H26O5S/c1-18-9-7-13(20)11-12(18)3-4-14-15-5-6-17(24-25(21,22)23)19(15,2)10-8-16(14)18/h7,9,11,14-17H,3-6,8,10H2,1-2H3,(H,21,22,23)/t14-,15+,16+,17-,18-,19-/m0/s1. The van der Waals surface area contributed by atoms with Gasteiger partial charge in [-0.15, -0.1) is 0 Å². The fourth-order valence-electron chi connectivity index (χ4n) is 6.45. The Hall–Kier alpha value is -0.980. The zero-order valence-electron chi connectivity index (χ0n) is 14.8. The number of rotatable bonds is 2. The minimum atomic E-state index is -4.42. The van der Waals surface area contributed by atoms with Crippen LogP contribution >= 0.6 is 0 Å². The van der Waals surface area contributed by atoms with Crippen LogP contribution in [-0.2, 0) is 19.4 Å². The minimum Gasteiger partial charge on any atom is -0.290 e. The maximum absolute atomic E-state index is 11.8. The third-order valence-electron chi connectivity index (χ3n) is 7.71. The molecule has 0 radical (unpaired) electrons. The Labute approximate surface area is 149 Å². The van der Waals surface area contributed by atoms with Gasteiger partial charge in [0, 0.05) is 5.41 Å². The quantitative estimate of drug-likeness (QED) is 0.757. The van der Waals surface area contributed by atoms with Gasteiger partial charge in [0.15, 0.2) is 5.78 Å². The summed E-state index contributed by atoms with van der Waals surface area (Å²) in [6, 6.07) is 0. The molecule has 4 rings (SSSR count). The Morgan fingerprint density at radius 2 is 1.92 bits per heavy atom. The Morgan fingerprint density at radius 1 is 1.16 bits per heavy atom. The molecule has 0 spiro atoms. The van der Waals surface area contributed by atoms with E-state index in [1.54, 1.807) is 6.08 Å². The summed E-state index contributed by atoms with van der Waals surface area (Å²) in [5.74, 6) is 1.49. The summed E-state index contributed by atoms with van der Waals surface area (Å²) in [7, 11) is -4.42. The summed E-state index contributed by atoms with van der Waals surface area (Å²) < 4.78 is 36.7. The molecule has 0 aromatic heterocycles. The molecular weight excluding hydrogens is 340 g/mol. The van der Waals surface area contributed by atoms with Gasteiger partial charge in [0.25, 0.3) is 0 Å². The number of carbonyl (C=O) groups is 1. The fourth-order valence-corrected chi connectivity index (χ4v) is 7.06. The lowest BCUT2D eigenvalue weighted by atomic mass is 9.48. The lowest BCUT2D eigenvalue weighted by molar-refractivity contribution is -0.111. The first kappa shape index (κ1) is 17.4. The van der Waals surface area contributed by atoms with E-state index in [4.69, 9.17) is 8.74 Å². The van der Waals surface area contributed by atoms with Crippen molar-refractivity contribution >= 4 is 16.2 Å². The van der Waals surface area contributed by atoms with E-state index in [2.05, 4.69) is 19.9 Å². The molecular formula is C19H26O5S. The van der Waals surface area contributed by atoms with Crippen LogP contribution in [0.1, 0.15) is 52.4 Å². The number of ketones is 1. The van der Waals surface area contributed by atoms with E-state index < -0.39 is 16.5 Å². The van der Waals surface area contributed by atoms with Gasteiger partial charge >= 0.3 is 10.4 Å². The smallest absolute Gasteiger partial charge is 0.290 e. The third-order valence-corrected chi connectivity index (χ3v) is 8.18. The molecule has 6 heteroatoms. The molecule has 0 amide bonds. The highest BCUT2D eigenvalue weighted by molar-refractivity contribution is 7.80. The van der Waals surface area contributed by atoms with E-state index >= 15 is 0 Å². The fraction of sp³-hybridized carbons (Fsp3) is 0.737. The Kier molecular flexibility index (Phi) is 3.84. The van der Waals surface area contributed by atoms with Crippen LogP contribution in [0.25, 0.3) is 0 Å². The maximum atomic E-state index is 11.8. The average molecular weight is 366 g/mol. The molecule has 0 aliphatic heterocycles. The predicted molar refractivity (Wildman–Crippen MR) is 93.0 cm³/mol. The third kappa shape index (κ3) is 2.64.